The van der Waals surface area contributed by atoms with Crippen LogP contribution in [0.2, 0.25) is 0 Å². The number of pyridine rings is 1. The third-order valence-corrected chi connectivity index (χ3v) is 5.67. The number of thioether (sulfide) groups is 1. The second-order valence-corrected chi connectivity index (χ2v) is 8.21. The van der Waals surface area contributed by atoms with Gasteiger partial charge < -0.3 is 14.7 Å². The molecule has 1 saturated heterocycles. The van der Waals surface area contributed by atoms with Crippen molar-refractivity contribution in [3.05, 3.63) is 42.4 Å². The Hall–Kier alpha value is -2.68. The van der Waals surface area contributed by atoms with Crippen LogP contribution in [0.15, 0.2) is 40.3 Å². The number of rotatable bonds is 6. The van der Waals surface area contributed by atoms with Crippen LogP contribution < -0.4 is 10.2 Å². The molecule has 0 radical (unpaired) electrons. The van der Waals surface area contributed by atoms with Gasteiger partial charge in [-0.3, -0.25) is 0 Å². The average molecular weight is 412 g/mol. The summed E-state index contributed by atoms with van der Waals surface area (Å²) in [5.74, 6) is 3.82. The first-order chi connectivity index (χ1) is 14.1. The van der Waals surface area contributed by atoms with Crippen LogP contribution in [0.4, 0.5) is 17.3 Å². The Bertz CT molecular complexity index is 936. The third kappa shape index (κ3) is 4.67. The second-order valence-electron chi connectivity index (χ2n) is 7.38. The molecule has 0 bridgehead atoms. The monoisotopic (exact) mass is 411 g/mol. The summed E-state index contributed by atoms with van der Waals surface area (Å²) >= 11 is 1.62. The summed E-state index contributed by atoms with van der Waals surface area (Å²) in [7, 11) is 0. The summed E-state index contributed by atoms with van der Waals surface area (Å²) in [5.41, 5.74) is 0.906. The van der Waals surface area contributed by atoms with E-state index in [1.54, 1.807) is 18.1 Å². The summed E-state index contributed by atoms with van der Waals surface area (Å²) < 4.78 is 5.49. The van der Waals surface area contributed by atoms with E-state index >= 15 is 0 Å². The molecule has 0 amide bonds. The molecule has 0 aromatic carbocycles. The Morgan fingerprint density at radius 1 is 1.17 bits per heavy atom. The molecule has 4 heterocycles. The molecular weight excluding hydrogens is 386 g/mol. The first-order valence-electron chi connectivity index (χ1n) is 9.80. The molecule has 0 atom stereocenters. The van der Waals surface area contributed by atoms with Gasteiger partial charge >= 0.3 is 0 Å². The number of piperidine rings is 1. The van der Waals surface area contributed by atoms with Gasteiger partial charge in [-0.25, -0.2) is 15.0 Å². The highest BCUT2D eigenvalue weighted by atomic mass is 32.2. The van der Waals surface area contributed by atoms with E-state index in [-0.39, 0.29) is 5.92 Å². The summed E-state index contributed by atoms with van der Waals surface area (Å²) in [6.07, 6.45) is 7.35. The maximum Gasteiger partial charge on any atom is 0.229 e. The fourth-order valence-corrected chi connectivity index (χ4v) is 3.68. The minimum atomic E-state index is 0.284. The molecule has 1 fully saturated rings. The molecular formula is C20H25N7OS. The number of hydrogen-bond acceptors (Lipinski definition) is 9. The smallest absolute Gasteiger partial charge is 0.229 e. The average Bonchev–Trinajstić information content (AvgIpc) is 3.25. The van der Waals surface area contributed by atoms with Crippen molar-refractivity contribution in [1.82, 2.24) is 25.1 Å². The van der Waals surface area contributed by atoms with Gasteiger partial charge in [0.25, 0.3) is 0 Å². The van der Waals surface area contributed by atoms with Crippen molar-refractivity contribution in [1.29, 1.82) is 0 Å². The van der Waals surface area contributed by atoms with Gasteiger partial charge in [0.15, 0.2) is 5.82 Å². The number of nitrogens with one attached hydrogen (secondary N) is 1. The Morgan fingerprint density at radius 2 is 2.00 bits per heavy atom. The molecule has 152 valence electrons. The second kappa shape index (κ2) is 8.77. The molecule has 8 nitrogen and oxygen atoms in total. The Balaban J connectivity index is 1.38. The predicted octanol–water partition coefficient (Wildman–Crippen LogP) is 4.23. The van der Waals surface area contributed by atoms with Crippen LogP contribution in [0.25, 0.3) is 0 Å². The van der Waals surface area contributed by atoms with Crippen LogP contribution in [0.1, 0.15) is 50.2 Å². The number of aromatic nitrogens is 5. The van der Waals surface area contributed by atoms with Gasteiger partial charge in [0.2, 0.25) is 5.89 Å². The predicted molar refractivity (Wildman–Crippen MR) is 114 cm³/mol. The molecule has 1 N–H and O–H groups in total. The summed E-state index contributed by atoms with van der Waals surface area (Å²) in [6, 6.07) is 5.97. The maximum absolute atomic E-state index is 5.49. The molecule has 0 spiro atoms. The lowest BCUT2D eigenvalue weighted by Gasteiger charge is -2.31. The quantitative estimate of drug-likeness (QED) is 0.598. The molecule has 3 aromatic rings. The van der Waals surface area contributed by atoms with Gasteiger partial charge in [0.1, 0.15) is 18.0 Å². The summed E-state index contributed by atoms with van der Waals surface area (Å²) in [6.45, 7) is 5.94. The van der Waals surface area contributed by atoms with E-state index in [0.29, 0.717) is 5.92 Å². The number of anilines is 3. The molecule has 4 rings (SSSR count). The summed E-state index contributed by atoms with van der Waals surface area (Å²) in [4.78, 5) is 20.0. The van der Waals surface area contributed by atoms with Crippen LogP contribution in [-0.4, -0.2) is 44.4 Å². The van der Waals surface area contributed by atoms with E-state index in [0.717, 1.165) is 60.0 Å². The molecule has 9 heteroatoms. The van der Waals surface area contributed by atoms with Gasteiger partial charge in [-0.15, -0.1) is 11.8 Å². The highest BCUT2D eigenvalue weighted by Gasteiger charge is 2.26. The summed E-state index contributed by atoms with van der Waals surface area (Å²) in [5, 5.41) is 8.38. The zero-order valence-corrected chi connectivity index (χ0v) is 17.7. The largest absolute Gasteiger partial charge is 0.356 e. The van der Waals surface area contributed by atoms with E-state index in [2.05, 4.69) is 49.2 Å². The van der Waals surface area contributed by atoms with Crippen molar-refractivity contribution < 1.29 is 4.52 Å². The molecule has 0 unspecified atom stereocenters. The maximum atomic E-state index is 5.49. The SMILES string of the molecule is CSc1ccc(Nc2cc(N3CCC(c4nc(C(C)C)no4)CC3)ncn2)cn1. The molecule has 3 aromatic heterocycles. The van der Waals surface area contributed by atoms with Crippen molar-refractivity contribution in [2.24, 2.45) is 0 Å². The number of nitrogens with zero attached hydrogens (tertiary/aromatic N) is 6. The zero-order chi connectivity index (χ0) is 20.2. The first kappa shape index (κ1) is 19.6. The third-order valence-electron chi connectivity index (χ3n) is 5.01. The van der Waals surface area contributed by atoms with Crippen molar-refractivity contribution in [3.8, 4) is 0 Å². The van der Waals surface area contributed by atoms with Gasteiger partial charge in [0, 0.05) is 31.0 Å². The van der Waals surface area contributed by atoms with E-state index in [1.165, 1.54) is 0 Å². The molecule has 29 heavy (non-hydrogen) atoms. The fourth-order valence-electron chi connectivity index (χ4n) is 3.31. The van der Waals surface area contributed by atoms with Gasteiger partial charge in [0.05, 0.1) is 16.9 Å². The van der Waals surface area contributed by atoms with Gasteiger partial charge in [-0.1, -0.05) is 19.0 Å². The lowest BCUT2D eigenvalue weighted by Crippen LogP contribution is -2.33. The molecule has 0 saturated carbocycles. The van der Waals surface area contributed by atoms with Crippen molar-refractivity contribution in [3.63, 3.8) is 0 Å². The van der Waals surface area contributed by atoms with Crippen molar-refractivity contribution in [2.75, 3.05) is 29.6 Å². The molecule has 0 aliphatic carbocycles. The zero-order valence-electron chi connectivity index (χ0n) is 16.9. The minimum Gasteiger partial charge on any atom is -0.356 e. The van der Waals surface area contributed by atoms with Crippen molar-refractivity contribution in [2.45, 2.75) is 43.6 Å². The standard InChI is InChI=1S/C20H25N7OS/c1-13(2)19-25-20(28-26-19)14-6-8-27(9-7-14)17-10-16(22-12-23-17)24-15-4-5-18(29-3)21-11-15/h4-5,10-14H,6-9H2,1-3H3,(H,22,23,24). The minimum absolute atomic E-state index is 0.284. The van der Waals surface area contributed by atoms with E-state index in [4.69, 9.17) is 4.52 Å². The van der Waals surface area contributed by atoms with Gasteiger partial charge in [-0.05, 0) is 31.2 Å². The van der Waals surface area contributed by atoms with E-state index < -0.39 is 0 Å². The topological polar surface area (TPSA) is 92.9 Å². The Labute approximate surface area is 174 Å². The van der Waals surface area contributed by atoms with Crippen LogP contribution >= 0.6 is 11.8 Å². The van der Waals surface area contributed by atoms with Gasteiger partial charge in [-0.2, -0.15) is 4.98 Å². The van der Waals surface area contributed by atoms with E-state index in [1.807, 2.05) is 30.7 Å². The van der Waals surface area contributed by atoms with Crippen LogP contribution in [0, 0.1) is 0 Å². The Kier molecular flexibility index (Phi) is 5.94. The highest BCUT2D eigenvalue weighted by molar-refractivity contribution is 7.98. The number of hydrogen-bond donors (Lipinski definition) is 1. The molecule has 1 aliphatic rings. The molecule has 1 aliphatic heterocycles. The first-order valence-corrected chi connectivity index (χ1v) is 11.0. The lowest BCUT2D eigenvalue weighted by molar-refractivity contribution is 0.325. The Morgan fingerprint density at radius 3 is 2.66 bits per heavy atom. The normalized spacial score (nSPS) is 15.1. The lowest BCUT2D eigenvalue weighted by atomic mass is 9.97. The van der Waals surface area contributed by atoms with Crippen LogP contribution in [-0.2, 0) is 0 Å². The highest BCUT2D eigenvalue weighted by Crippen LogP contribution is 2.30. The fraction of sp³-hybridized carbons (Fsp3) is 0.450. The van der Waals surface area contributed by atoms with Crippen LogP contribution in [0.5, 0.6) is 0 Å². The van der Waals surface area contributed by atoms with E-state index in [9.17, 15) is 0 Å². The van der Waals surface area contributed by atoms with Crippen molar-refractivity contribution >= 4 is 29.1 Å². The van der Waals surface area contributed by atoms with Crippen LogP contribution in [0.3, 0.4) is 0 Å².